The molecule has 0 fully saturated rings. The van der Waals surface area contributed by atoms with E-state index in [1.807, 2.05) is 0 Å². The summed E-state index contributed by atoms with van der Waals surface area (Å²) in [5.74, 6) is 0.497. The first-order valence-corrected chi connectivity index (χ1v) is 9.99. The molecule has 1 atom stereocenters. The standard InChI is InChI=1S/C21H22N.C5H8O2.Ir/c1-5-16(4)18-7-6-8-21-19(18)9-10-20(22-21)17-12-14(2)11-15(3)13-17;1-4(6)3-5(2)7;/h6-12,16H,5H2,1-4H3;3,6H,1-2H3;/q-1;;. The van der Waals surface area contributed by atoms with Gasteiger partial charge in [-0.2, -0.15) is 0 Å². The van der Waals surface area contributed by atoms with Gasteiger partial charge in [-0.05, 0) is 43.5 Å². The first kappa shape index (κ1) is 25.7. The molecule has 30 heavy (non-hydrogen) atoms. The van der Waals surface area contributed by atoms with E-state index < -0.39 is 0 Å². The summed E-state index contributed by atoms with van der Waals surface area (Å²) in [5, 5.41) is 9.63. The SMILES string of the molecule is CC(=O)C=C(C)O.CCC(C)c1cccc2nc(-c3[c-]c(C)cc(C)c3)ccc12.[Ir]. The van der Waals surface area contributed by atoms with Gasteiger partial charge in [0.2, 0.25) is 0 Å². The van der Waals surface area contributed by atoms with E-state index in [0.717, 1.165) is 28.8 Å². The molecule has 0 saturated heterocycles. The Labute approximate surface area is 193 Å². The van der Waals surface area contributed by atoms with Crippen molar-refractivity contribution >= 4 is 16.7 Å². The maximum Gasteiger partial charge on any atom is 0.155 e. The molecule has 4 heteroatoms. The van der Waals surface area contributed by atoms with Crippen molar-refractivity contribution in [2.45, 2.75) is 53.9 Å². The minimum atomic E-state index is -0.125. The molecule has 1 unspecified atom stereocenters. The largest absolute Gasteiger partial charge is 0.512 e. The molecular weight excluding hydrogens is 551 g/mol. The second kappa shape index (κ2) is 11.8. The predicted molar refractivity (Wildman–Crippen MR) is 121 cm³/mol. The Bertz CT molecular complexity index is 1020. The first-order chi connectivity index (χ1) is 13.7. The molecule has 0 saturated carbocycles. The monoisotopic (exact) mass is 581 g/mol. The van der Waals surface area contributed by atoms with E-state index >= 15 is 0 Å². The summed E-state index contributed by atoms with van der Waals surface area (Å²) in [6, 6.07) is 18.5. The van der Waals surface area contributed by atoms with Crippen molar-refractivity contribution in [1.82, 2.24) is 4.98 Å². The second-order valence-electron chi connectivity index (χ2n) is 7.57. The predicted octanol–water partition coefficient (Wildman–Crippen LogP) is 6.87. The number of carbonyl (C=O) groups excluding carboxylic acids is 1. The van der Waals surface area contributed by atoms with Gasteiger partial charge in [-0.15, -0.1) is 34.9 Å². The molecule has 1 aromatic heterocycles. The van der Waals surface area contributed by atoms with Gasteiger partial charge in [0.05, 0.1) is 11.3 Å². The number of hydrogen-bond donors (Lipinski definition) is 1. The Morgan fingerprint density at radius 3 is 2.40 bits per heavy atom. The molecule has 0 aliphatic rings. The summed E-state index contributed by atoms with van der Waals surface area (Å²) >= 11 is 0. The number of aliphatic hydroxyl groups is 1. The fraction of sp³-hybridized carbons (Fsp3) is 0.308. The molecule has 3 aromatic rings. The molecule has 2 aromatic carbocycles. The zero-order valence-electron chi connectivity index (χ0n) is 18.5. The van der Waals surface area contributed by atoms with Gasteiger partial charge in [-0.1, -0.05) is 52.0 Å². The van der Waals surface area contributed by atoms with Gasteiger partial charge in [0.15, 0.2) is 5.78 Å². The fourth-order valence-corrected chi connectivity index (χ4v) is 3.31. The quantitative estimate of drug-likeness (QED) is 0.208. The zero-order chi connectivity index (χ0) is 21.6. The fourth-order valence-electron chi connectivity index (χ4n) is 3.31. The number of aliphatic hydroxyl groups excluding tert-OH is 1. The van der Waals surface area contributed by atoms with Crippen molar-refractivity contribution in [2.75, 3.05) is 0 Å². The number of hydrogen-bond acceptors (Lipinski definition) is 3. The molecule has 3 rings (SSSR count). The number of aryl methyl sites for hydroxylation is 2. The van der Waals surface area contributed by atoms with Crippen LogP contribution in [0.25, 0.3) is 22.2 Å². The summed E-state index contributed by atoms with van der Waals surface area (Å²) < 4.78 is 0. The average Bonchev–Trinajstić information content (AvgIpc) is 2.65. The van der Waals surface area contributed by atoms with Crippen LogP contribution in [0, 0.1) is 19.9 Å². The van der Waals surface area contributed by atoms with Crippen LogP contribution in [-0.4, -0.2) is 15.9 Å². The topological polar surface area (TPSA) is 50.2 Å². The second-order valence-corrected chi connectivity index (χ2v) is 7.57. The molecular formula is C26H30IrNO2-. The number of aromatic nitrogens is 1. The van der Waals surface area contributed by atoms with E-state index in [4.69, 9.17) is 10.1 Å². The number of allylic oxidation sites excluding steroid dienone is 2. The van der Waals surface area contributed by atoms with Gasteiger partial charge in [0, 0.05) is 31.6 Å². The molecule has 0 aliphatic heterocycles. The Morgan fingerprint density at radius 2 is 1.87 bits per heavy atom. The van der Waals surface area contributed by atoms with Crippen molar-refractivity contribution in [2.24, 2.45) is 0 Å². The van der Waals surface area contributed by atoms with Gasteiger partial charge in [0.1, 0.15) is 0 Å². The third-order valence-electron chi connectivity index (χ3n) is 4.75. The van der Waals surface area contributed by atoms with Crippen LogP contribution in [0.1, 0.15) is 56.7 Å². The molecule has 0 aliphatic carbocycles. The van der Waals surface area contributed by atoms with Crippen molar-refractivity contribution in [3.05, 3.63) is 77.1 Å². The Hall–Kier alpha value is -2.29. The van der Waals surface area contributed by atoms with Gasteiger partial charge >= 0.3 is 0 Å². The van der Waals surface area contributed by atoms with Gasteiger partial charge < -0.3 is 5.11 Å². The number of benzene rings is 2. The van der Waals surface area contributed by atoms with Crippen molar-refractivity contribution in [3.63, 3.8) is 0 Å². The smallest absolute Gasteiger partial charge is 0.155 e. The number of pyridine rings is 1. The maximum absolute atomic E-state index is 10.0. The van der Waals surface area contributed by atoms with Crippen LogP contribution in [0.15, 0.2) is 54.3 Å². The van der Waals surface area contributed by atoms with Crippen LogP contribution in [-0.2, 0) is 24.9 Å². The molecule has 161 valence electrons. The zero-order valence-corrected chi connectivity index (χ0v) is 20.9. The number of rotatable bonds is 4. The minimum absolute atomic E-state index is 0. The third kappa shape index (κ3) is 7.19. The Morgan fingerprint density at radius 1 is 1.17 bits per heavy atom. The number of ketones is 1. The van der Waals surface area contributed by atoms with Crippen LogP contribution >= 0.6 is 0 Å². The van der Waals surface area contributed by atoms with Crippen LogP contribution in [0.3, 0.4) is 0 Å². The van der Waals surface area contributed by atoms with E-state index in [2.05, 4.69) is 76.2 Å². The summed E-state index contributed by atoms with van der Waals surface area (Å²) in [6.07, 6.45) is 2.31. The normalized spacial score (nSPS) is 11.9. The molecule has 0 amide bonds. The van der Waals surface area contributed by atoms with Crippen LogP contribution < -0.4 is 0 Å². The Balaban J connectivity index is 0.000000489. The average molecular weight is 581 g/mol. The van der Waals surface area contributed by atoms with Gasteiger partial charge in [0.25, 0.3) is 0 Å². The molecule has 1 heterocycles. The molecule has 0 bridgehead atoms. The van der Waals surface area contributed by atoms with Crippen molar-refractivity contribution < 1.29 is 30.0 Å². The van der Waals surface area contributed by atoms with E-state index in [1.165, 1.54) is 36.4 Å². The molecule has 1 N–H and O–H groups in total. The molecule has 1 radical (unpaired) electrons. The van der Waals surface area contributed by atoms with Crippen LogP contribution in [0.4, 0.5) is 0 Å². The molecule has 0 spiro atoms. The summed E-state index contributed by atoms with van der Waals surface area (Å²) in [4.78, 5) is 14.9. The van der Waals surface area contributed by atoms with E-state index in [0.29, 0.717) is 5.92 Å². The van der Waals surface area contributed by atoms with Crippen molar-refractivity contribution in [3.8, 4) is 11.3 Å². The first-order valence-electron chi connectivity index (χ1n) is 9.99. The number of nitrogens with zero attached hydrogens (tertiary/aromatic N) is 1. The Kier molecular flexibility index (Phi) is 10.1. The van der Waals surface area contributed by atoms with Crippen molar-refractivity contribution in [1.29, 1.82) is 0 Å². The number of carbonyl (C=O) groups is 1. The van der Waals surface area contributed by atoms with E-state index in [-0.39, 0.29) is 31.6 Å². The molecule has 3 nitrogen and oxygen atoms in total. The maximum atomic E-state index is 10.0. The summed E-state index contributed by atoms with van der Waals surface area (Å²) in [5.41, 5.74) is 6.95. The summed E-state index contributed by atoms with van der Waals surface area (Å²) in [7, 11) is 0. The van der Waals surface area contributed by atoms with E-state index in [1.54, 1.807) is 0 Å². The van der Waals surface area contributed by atoms with Crippen LogP contribution in [0.2, 0.25) is 0 Å². The van der Waals surface area contributed by atoms with Gasteiger partial charge in [-0.25, -0.2) is 0 Å². The van der Waals surface area contributed by atoms with E-state index in [9.17, 15) is 4.79 Å². The van der Waals surface area contributed by atoms with Gasteiger partial charge in [-0.3, -0.25) is 9.78 Å². The number of fused-ring (bicyclic) bond motifs is 1. The third-order valence-corrected chi connectivity index (χ3v) is 4.75. The minimum Gasteiger partial charge on any atom is -0.512 e. The summed E-state index contributed by atoms with van der Waals surface area (Å²) in [6.45, 7) is 11.6. The van der Waals surface area contributed by atoms with Crippen LogP contribution in [0.5, 0.6) is 0 Å².